The number of ether oxygens (including phenoxy) is 1. The molecule has 1 aromatic carbocycles. The third-order valence-electron chi connectivity index (χ3n) is 3.30. The number of carbonyl (C=O) groups excluding carboxylic acids is 1. The molecule has 0 aliphatic heterocycles. The van der Waals surface area contributed by atoms with Crippen molar-refractivity contribution in [2.24, 2.45) is 4.99 Å². The van der Waals surface area contributed by atoms with Crippen LogP contribution in [0.4, 0.5) is 0 Å². The summed E-state index contributed by atoms with van der Waals surface area (Å²) in [5, 5.41) is 6.05. The fraction of sp³-hybridized carbons (Fsp3) is 0.556. The predicted molar refractivity (Wildman–Crippen MR) is 114 cm³/mol. The Morgan fingerprint density at radius 2 is 1.84 bits per heavy atom. The average molecular weight is 462 g/mol. The molecule has 25 heavy (non-hydrogen) atoms. The molecule has 2 N–H and O–H groups in total. The first-order valence-electron chi connectivity index (χ1n) is 8.58. The van der Waals surface area contributed by atoms with Crippen LogP contribution in [0.1, 0.15) is 32.8 Å². The van der Waals surface area contributed by atoms with Gasteiger partial charge in [0.1, 0.15) is 12.3 Å². The van der Waals surface area contributed by atoms with Crippen molar-refractivity contribution >= 4 is 35.8 Å². The van der Waals surface area contributed by atoms with Crippen LogP contribution < -0.4 is 15.4 Å². The van der Waals surface area contributed by atoms with E-state index in [-0.39, 0.29) is 36.4 Å². The van der Waals surface area contributed by atoms with E-state index < -0.39 is 0 Å². The predicted octanol–water partition coefficient (Wildman–Crippen LogP) is 2.63. The lowest BCUT2D eigenvalue weighted by Gasteiger charge is -2.22. The number of hydrogen-bond donors (Lipinski definition) is 2. The minimum absolute atomic E-state index is 0. The first-order valence-corrected chi connectivity index (χ1v) is 8.58. The van der Waals surface area contributed by atoms with Gasteiger partial charge in [-0.15, -0.1) is 24.0 Å². The van der Waals surface area contributed by atoms with Crippen molar-refractivity contribution in [1.29, 1.82) is 0 Å². The van der Waals surface area contributed by atoms with Crippen LogP contribution in [0.25, 0.3) is 0 Å². The number of benzene rings is 1. The summed E-state index contributed by atoms with van der Waals surface area (Å²) in [7, 11) is 1.96. The first-order chi connectivity index (χ1) is 11.6. The van der Waals surface area contributed by atoms with E-state index in [0.29, 0.717) is 19.7 Å². The number of nitrogens with zero attached hydrogens (tertiary/aromatic N) is 2. The summed E-state index contributed by atoms with van der Waals surface area (Å²) in [6, 6.07) is 8.02. The van der Waals surface area contributed by atoms with Gasteiger partial charge in [0.2, 0.25) is 5.91 Å². The standard InChI is InChI=1S/C18H30N4O2.HI/c1-5-12-20-17(23)13-21-18(19-6-2)22(4)14-15-8-10-16(11-9-15)24-7-3;/h8-11H,5-7,12-14H2,1-4H3,(H,19,21)(H,20,23);1H. The summed E-state index contributed by atoms with van der Waals surface area (Å²) in [5.74, 6) is 1.54. The molecule has 0 aliphatic carbocycles. The van der Waals surface area contributed by atoms with Crippen molar-refractivity contribution in [3.63, 3.8) is 0 Å². The van der Waals surface area contributed by atoms with E-state index in [1.54, 1.807) is 0 Å². The van der Waals surface area contributed by atoms with Crippen LogP contribution in [0.3, 0.4) is 0 Å². The van der Waals surface area contributed by atoms with Gasteiger partial charge in [0.15, 0.2) is 5.96 Å². The molecule has 0 bridgehead atoms. The maximum Gasteiger partial charge on any atom is 0.241 e. The second-order valence-corrected chi connectivity index (χ2v) is 5.45. The maximum absolute atomic E-state index is 11.7. The molecule has 1 aromatic rings. The summed E-state index contributed by atoms with van der Waals surface area (Å²) in [5.41, 5.74) is 1.15. The number of halogens is 1. The maximum atomic E-state index is 11.7. The Bertz CT molecular complexity index is 520. The van der Waals surface area contributed by atoms with Crippen LogP contribution in [0.5, 0.6) is 5.75 Å². The monoisotopic (exact) mass is 462 g/mol. The third-order valence-corrected chi connectivity index (χ3v) is 3.30. The Morgan fingerprint density at radius 3 is 2.40 bits per heavy atom. The lowest BCUT2D eigenvalue weighted by Crippen LogP contribution is -2.39. The van der Waals surface area contributed by atoms with Crippen LogP contribution >= 0.6 is 24.0 Å². The highest BCUT2D eigenvalue weighted by Gasteiger charge is 2.08. The minimum atomic E-state index is -0.0540. The summed E-state index contributed by atoms with van der Waals surface area (Å²) in [4.78, 5) is 18.1. The molecule has 6 nitrogen and oxygen atoms in total. The molecule has 0 fully saturated rings. The molecule has 7 heteroatoms. The van der Waals surface area contributed by atoms with Crippen molar-refractivity contribution in [1.82, 2.24) is 15.5 Å². The molecular weight excluding hydrogens is 431 g/mol. The van der Waals surface area contributed by atoms with E-state index in [0.717, 1.165) is 30.2 Å². The summed E-state index contributed by atoms with van der Waals surface area (Å²) >= 11 is 0. The molecule has 0 heterocycles. The molecular formula is C18H31IN4O2. The summed E-state index contributed by atoms with van der Waals surface area (Å²) in [6.45, 7) is 8.95. The van der Waals surface area contributed by atoms with Gasteiger partial charge in [0.05, 0.1) is 6.61 Å². The number of carbonyl (C=O) groups is 1. The zero-order chi connectivity index (χ0) is 17.8. The normalized spacial score (nSPS) is 10.6. The zero-order valence-corrected chi connectivity index (χ0v) is 18.0. The smallest absolute Gasteiger partial charge is 0.241 e. The minimum Gasteiger partial charge on any atom is -0.494 e. The van der Waals surface area contributed by atoms with Gasteiger partial charge in [0, 0.05) is 26.7 Å². The van der Waals surface area contributed by atoms with E-state index in [1.165, 1.54) is 0 Å². The average Bonchev–Trinajstić information content (AvgIpc) is 2.58. The summed E-state index contributed by atoms with van der Waals surface area (Å²) < 4.78 is 5.45. The quantitative estimate of drug-likeness (QED) is 0.337. The van der Waals surface area contributed by atoms with Crippen LogP contribution in [-0.2, 0) is 11.3 Å². The Balaban J connectivity index is 0.00000576. The van der Waals surface area contributed by atoms with E-state index >= 15 is 0 Å². The lowest BCUT2D eigenvalue weighted by molar-refractivity contribution is -0.119. The van der Waals surface area contributed by atoms with E-state index in [2.05, 4.69) is 15.6 Å². The Kier molecular flexibility index (Phi) is 12.9. The number of rotatable bonds is 9. The fourth-order valence-electron chi connectivity index (χ4n) is 2.14. The van der Waals surface area contributed by atoms with Crippen molar-refractivity contribution in [2.45, 2.75) is 33.7 Å². The molecule has 1 amide bonds. The Hall–Kier alpha value is -1.51. The van der Waals surface area contributed by atoms with E-state index in [4.69, 9.17) is 4.74 Å². The highest BCUT2D eigenvalue weighted by Crippen LogP contribution is 2.13. The summed E-state index contributed by atoms with van der Waals surface area (Å²) in [6.07, 6.45) is 0.924. The SMILES string of the molecule is CCCNC(=O)CN=C(NCC)N(C)Cc1ccc(OCC)cc1.I. The van der Waals surface area contributed by atoms with Gasteiger partial charge in [-0.1, -0.05) is 19.1 Å². The third kappa shape index (κ3) is 9.52. The Labute approximate surface area is 168 Å². The molecule has 0 aliphatic rings. The molecule has 0 saturated carbocycles. The van der Waals surface area contributed by atoms with Crippen LogP contribution in [0, 0.1) is 0 Å². The molecule has 0 unspecified atom stereocenters. The van der Waals surface area contributed by atoms with Crippen LogP contribution in [0.2, 0.25) is 0 Å². The fourth-order valence-corrected chi connectivity index (χ4v) is 2.14. The number of nitrogens with one attached hydrogen (secondary N) is 2. The van der Waals surface area contributed by atoms with Crippen molar-refractivity contribution in [2.75, 3.05) is 33.3 Å². The highest BCUT2D eigenvalue weighted by molar-refractivity contribution is 14.0. The molecule has 0 saturated heterocycles. The van der Waals surface area contributed by atoms with Crippen LogP contribution in [0.15, 0.2) is 29.3 Å². The van der Waals surface area contributed by atoms with Gasteiger partial charge in [-0.25, -0.2) is 4.99 Å². The van der Waals surface area contributed by atoms with Gasteiger partial charge in [-0.2, -0.15) is 0 Å². The number of aliphatic imine (C=N–C) groups is 1. The molecule has 0 atom stereocenters. The van der Waals surface area contributed by atoms with E-state index in [1.807, 2.05) is 57.0 Å². The van der Waals surface area contributed by atoms with Gasteiger partial charge in [0.25, 0.3) is 0 Å². The molecule has 0 radical (unpaired) electrons. The van der Waals surface area contributed by atoms with Gasteiger partial charge < -0.3 is 20.3 Å². The molecule has 0 aromatic heterocycles. The van der Waals surface area contributed by atoms with Crippen molar-refractivity contribution in [3.05, 3.63) is 29.8 Å². The highest BCUT2D eigenvalue weighted by atomic mass is 127. The lowest BCUT2D eigenvalue weighted by atomic mass is 10.2. The molecule has 1 rings (SSSR count). The zero-order valence-electron chi connectivity index (χ0n) is 15.7. The number of hydrogen-bond acceptors (Lipinski definition) is 3. The van der Waals surface area contributed by atoms with Gasteiger partial charge in [-0.05, 0) is 38.0 Å². The van der Waals surface area contributed by atoms with E-state index in [9.17, 15) is 4.79 Å². The topological polar surface area (TPSA) is 66.0 Å². The molecule has 142 valence electrons. The second-order valence-electron chi connectivity index (χ2n) is 5.45. The first kappa shape index (κ1) is 23.5. The number of amides is 1. The Morgan fingerprint density at radius 1 is 1.16 bits per heavy atom. The van der Waals surface area contributed by atoms with Crippen LogP contribution in [-0.4, -0.2) is 50.1 Å². The number of guanidine groups is 1. The van der Waals surface area contributed by atoms with Crippen molar-refractivity contribution < 1.29 is 9.53 Å². The van der Waals surface area contributed by atoms with Crippen molar-refractivity contribution in [3.8, 4) is 5.75 Å². The molecule has 0 spiro atoms. The largest absolute Gasteiger partial charge is 0.494 e. The second kappa shape index (κ2) is 13.7. The van der Waals surface area contributed by atoms with Gasteiger partial charge in [-0.3, -0.25) is 4.79 Å². The van der Waals surface area contributed by atoms with Gasteiger partial charge >= 0.3 is 0 Å².